The SMILES string of the molecule is CCS(=O)(=O)c1ccc(CC(=O)Nc2cc(-c3cc(C#N)ccc3OC)cs2)cc1. The van der Waals surface area contributed by atoms with E-state index in [2.05, 4.69) is 11.4 Å². The van der Waals surface area contributed by atoms with Crippen LogP contribution >= 0.6 is 11.3 Å². The van der Waals surface area contributed by atoms with Crippen LogP contribution in [0.4, 0.5) is 5.00 Å². The number of carbonyl (C=O) groups excluding carboxylic acids is 1. The summed E-state index contributed by atoms with van der Waals surface area (Å²) in [5.41, 5.74) is 2.87. The molecule has 1 aromatic heterocycles. The topological polar surface area (TPSA) is 96.3 Å². The first-order chi connectivity index (χ1) is 14.4. The number of ether oxygens (including phenoxy) is 1. The fourth-order valence-corrected chi connectivity index (χ4v) is 4.60. The molecule has 1 N–H and O–H groups in total. The van der Waals surface area contributed by atoms with Crippen molar-refractivity contribution >= 4 is 32.1 Å². The molecular weight excluding hydrogens is 420 g/mol. The molecule has 1 amide bonds. The highest BCUT2D eigenvalue weighted by Crippen LogP contribution is 2.35. The second-order valence-corrected chi connectivity index (χ2v) is 9.69. The van der Waals surface area contributed by atoms with E-state index in [0.717, 1.165) is 16.7 Å². The van der Waals surface area contributed by atoms with Gasteiger partial charge in [-0.2, -0.15) is 5.26 Å². The van der Waals surface area contributed by atoms with Crippen LogP contribution in [0.2, 0.25) is 0 Å². The number of carbonyl (C=O) groups is 1. The minimum atomic E-state index is -3.26. The molecule has 1 heterocycles. The van der Waals surface area contributed by atoms with Crippen molar-refractivity contribution in [3.63, 3.8) is 0 Å². The number of hydrogen-bond acceptors (Lipinski definition) is 6. The van der Waals surface area contributed by atoms with Crippen molar-refractivity contribution in [2.45, 2.75) is 18.2 Å². The summed E-state index contributed by atoms with van der Waals surface area (Å²) in [7, 11) is -1.69. The molecule has 0 saturated carbocycles. The van der Waals surface area contributed by atoms with Gasteiger partial charge in [-0.15, -0.1) is 11.3 Å². The Morgan fingerprint density at radius 1 is 1.17 bits per heavy atom. The number of rotatable bonds is 7. The van der Waals surface area contributed by atoms with E-state index in [9.17, 15) is 13.2 Å². The molecular formula is C22H20N2O4S2. The van der Waals surface area contributed by atoms with Crippen LogP contribution in [0.25, 0.3) is 11.1 Å². The van der Waals surface area contributed by atoms with Gasteiger partial charge in [0.05, 0.1) is 40.8 Å². The Bertz CT molecular complexity index is 1210. The van der Waals surface area contributed by atoms with Gasteiger partial charge in [-0.3, -0.25) is 4.79 Å². The summed E-state index contributed by atoms with van der Waals surface area (Å²) < 4.78 is 29.1. The van der Waals surface area contributed by atoms with E-state index in [0.29, 0.717) is 16.3 Å². The first-order valence-electron chi connectivity index (χ1n) is 9.15. The van der Waals surface area contributed by atoms with Gasteiger partial charge in [0.15, 0.2) is 9.84 Å². The quantitative estimate of drug-likeness (QED) is 0.592. The lowest BCUT2D eigenvalue weighted by atomic mass is 10.0. The van der Waals surface area contributed by atoms with Crippen LogP contribution < -0.4 is 10.1 Å². The molecule has 0 radical (unpaired) electrons. The average Bonchev–Trinajstić information content (AvgIpc) is 3.21. The second-order valence-electron chi connectivity index (χ2n) is 6.50. The van der Waals surface area contributed by atoms with Crippen molar-refractivity contribution in [2.24, 2.45) is 0 Å². The zero-order valence-corrected chi connectivity index (χ0v) is 18.1. The number of methoxy groups -OCH3 is 1. The molecule has 0 bridgehead atoms. The molecule has 8 heteroatoms. The molecule has 154 valence electrons. The van der Waals surface area contributed by atoms with Gasteiger partial charge in [0.2, 0.25) is 5.91 Å². The summed E-state index contributed by atoms with van der Waals surface area (Å²) in [5, 5.41) is 14.6. The fourth-order valence-electron chi connectivity index (χ4n) is 2.89. The summed E-state index contributed by atoms with van der Waals surface area (Å²) in [6, 6.07) is 15.5. The summed E-state index contributed by atoms with van der Waals surface area (Å²) in [6.07, 6.45) is 0.132. The Balaban J connectivity index is 1.71. The van der Waals surface area contributed by atoms with Crippen molar-refractivity contribution in [1.29, 1.82) is 5.26 Å². The second kappa shape index (κ2) is 9.11. The van der Waals surface area contributed by atoms with Gasteiger partial charge in [-0.1, -0.05) is 19.1 Å². The average molecular weight is 441 g/mol. The Hall–Kier alpha value is -3.15. The molecule has 0 aliphatic rings. The van der Waals surface area contributed by atoms with Gasteiger partial charge in [-0.05, 0) is 47.5 Å². The highest BCUT2D eigenvalue weighted by molar-refractivity contribution is 7.91. The molecule has 0 saturated heterocycles. The number of anilines is 1. The third-order valence-electron chi connectivity index (χ3n) is 4.53. The molecule has 30 heavy (non-hydrogen) atoms. The van der Waals surface area contributed by atoms with Gasteiger partial charge in [0, 0.05) is 10.9 Å². The highest BCUT2D eigenvalue weighted by atomic mass is 32.2. The summed E-state index contributed by atoms with van der Waals surface area (Å²) in [4.78, 5) is 12.7. The highest BCUT2D eigenvalue weighted by Gasteiger charge is 2.13. The van der Waals surface area contributed by atoms with Gasteiger partial charge < -0.3 is 10.1 Å². The smallest absolute Gasteiger partial charge is 0.229 e. The number of nitriles is 1. The van der Waals surface area contributed by atoms with Crippen molar-refractivity contribution in [1.82, 2.24) is 0 Å². The van der Waals surface area contributed by atoms with E-state index < -0.39 is 9.84 Å². The third-order valence-corrected chi connectivity index (χ3v) is 7.12. The molecule has 0 unspecified atom stereocenters. The van der Waals surface area contributed by atoms with E-state index in [1.54, 1.807) is 44.4 Å². The van der Waals surface area contributed by atoms with E-state index in [1.807, 2.05) is 11.4 Å². The normalized spacial score (nSPS) is 11.0. The molecule has 0 spiro atoms. The first kappa shape index (κ1) is 21.6. The maximum absolute atomic E-state index is 12.4. The van der Waals surface area contributed by atoms with Crippen LogP contribution in [0.5, 0.6) is 5.75 Å². The number of benzene rings is 2. The predicted octanol–water partition coefficient (Wildman–Crippen LogP) is 4.27. The predicted molar refractivity (Wildman–Crippen MR) is 118 cm³/mol. The van der Waals surface area contributed by atoms with Crippen LogP contribution in [0.15, 0.2) is 58.8 Å². The van der Waals surface area contributed by atoms with Crippen LogP contribution in [-0.2, 0) is 21.1 Å². The van der Waals surface area contributed by atoms with Crippen LogP contribution in [-0.4, -0.2) is 27.2 Å². The van der Waals surface area contributed by atoms with E-state index in [-0.39, 0.29) is 23.0 Å². The van der Waals surface area contributed by atoms with Crippen molar-refractivity contribution in [3.05, 3.63) is 65.0 Å². The monoisotopic (exact) mass is 440 g/mol. The number of nitrogens with one attached hydrogen (secondary N) is 1. The largest absolute Gasteiger partial charge is 0.496 e. The Kier molecular flexibility index (Phi) is 6.55. The fraction of sp³-hybridized carbons (Fsp3) is 0.182. The standard InChI is InChI=1S/C22H20N2O4S2/c1-3-30(26,27)18-7-4-15(5-8-18)11-21(25)24-22-12-17(14-29-22)19-10-16(13-23)6-9-20(19)28-2/h4-10,12,14H,3,11H2,1-2H3,(H,24,25). The van der Waals surface area contributed by atoms with Crippen molar-refractivity contribution in [2.75, 3.05) is 18.2 Å². The Labute approximate surface area is 179 Å². The number of hydrogen-bond donors (Lipinski definition) is 1. The number of sulfone groups is 1. The minimum absolute atomic E-state index is 0.0373. The molecule has 0 aliphatic heterocycles. The number of thiophene rings is 1. The molecule has 0 aliphatic carbocycles. The maximum atomic E-state index is 12.4. The first-order valence-corrected chi connectivity index (χ1v) is 11.7. The molecule has 0 atom stereocenters. The zero-order valence-electron chi connectivity index (χ0n) is 16.5. The summed E-state index contributed by atoms with van der Waals surface area (Å²) >= 11 is 1.37. The molecule has 2 aromatic carbocycles. The summed E-state index contributed by atoms with van der Waals surface area (Å²) in [6.45, 7) is 1.60. The van der Waals surface area contributed by atoms with Gasteiger partial charge in [-0.25, -0.2) is 8.42 Å². The number of amides is 1. The van der Waals surface area contributed by atoms with E-state index >= 15 is 0 Å². The van der Waals surface area contributed by atoms with Gasteiger partial charge in [0.25, 0.3) is 0 Å². The van der Waals surface area contributed by atoms with Crippen LogP contribution in [0, 0.1) is 11.3 Å². The lowest BCUT2D eigenvalue weighted by molar-refractivity contribution is -0.115. The van der Waals surface area contributed by atoms with Crippen LogP contribution in [0.3, 0.4) is 0 Å². The maximum Gasteiger partial charge on any atom is 0.229 e. The molecule has 0 fully saturated rings. The molecule has 6 nitrogen and oxygen atoms in total. The van der Waals surface area contributed by atoms with E-state index in [4.69, 9.17) is 10.00 Å². The minimum Gasteiger partial charge on any atom is -0.496 e. The van der Waals surface area contributed by atoms with Gasteiger partial charge >= 0.3 is 0 Å². The van der Waals surface area contributed by atoms with Gasteiger partial charge in [0.1, 0.15) is 5.75 Å². The number of nitrogens with zero attached hydrogens (tertiary/aromatic N) is 1. The van der Waals surface area contributed by atoms with Crippen molar-refractivity contribution < 1.29 is 17.9 Å². The van der Waals surface area contributed by atoms with Crippen molar-refractivity contribution in [3.8, 4) is 22.9 Å². The van der Waals surface area contributed by atoms with E-state index in [1.165, 1.54) is 23.5 Å². The Morgan fingerprint density at radius 3 is 2.53 bits per heavy atom. The Morgan fingerprint density at radius 2 is 1.90 bits per heavy atom. The summed E-state index contributed by atoms with van der Waals surface area (Å²) in [5.74, 6) is 0.481. The third kappa shape index (κ3) is 4.87. The van der Waals surface area contributed by atoms with Crippen LogP contribution in [0.1, 0.15) is 18.1 Å². The molecule has 3 rings (SSSR count). The lowest BCUT2D eigenvalue weighted by Gasteiger charge is -2.07. The molecule has 3 aromatic rings. The lowest BCUT2D eigenvalue weighted by Crippen LogP contribution is -2.13. The zero-order chi connectivity index (χ0) is 21.7.